The van der Waals surface area contributed by atoms with Crippen LogP contribution in [0.25, 0.3) is 10.2 Å². The van der Waals surface area contributed by atoms with Crippen molar-refractivity contribution in [2.24, 2.45) is 0 Å². The third-order valence-electron chi connectivity index (χ3n) is 8.08. The molecular weight excluding hydrogens is 569 g/mol. The first kappa shape index (κ1) is 28.9. The van der Waals surface area contributed by atoms with Gasteiger partial charge in [0.25, 0.3) is 5.91 Å². The number of carbonyl (C=O) groups excluding carboxylic acids is 1. The highest BCUT2D eigenvalue weighted by molar-refractivity contribution is 7.89. The Bertz CT molecular complexity index is 1700. The minimum Gasteiger partial charge on any atom is -0.379 e. The van der Waals surface area contributed by atoms with E-state index in [2.05, 4.69) is 36.9 Å². The molecule has 1 saturated heterocycles. The van der Waals surface area contributed by atoms with Crippen LogP contribution in [0.15, 0.2) is 65.6 Å². The molecule has 220 valence electrons. The number of amides is 1. The Morgan fingerprint density at radius 3 is 2.50 bits per heavy atom. The van der Waals surface area contributed by atoms with Crippen LogP contribution in [0.3, 0.4) is 0 Å². The predicted octanol–water partition coefficient (Wildman–Crippen LogP) is 5.03. The van der Waals surface area contributed by atoms with Crippen molar-refractivity contribution in [3.8, 4) is 0 Å². The van der Waals surface area contributed by atoms with E-state index in [4.69, 9.17) is 9.72 Å². The number of thiazole rings is 1. The molecule has 2 aliphatic rings. The summed E-state index contributed by atoms with van der Waals surface area (Å²) in [5.41, 5.74) is 5.84. The number of anilines is 1. The van der Waals surface area contributed by atoms with Crippen LogP contribution in [0.4, 0.5) is 5.13 Å². The van der Waals surface area contributed by atoms with Gasteiger partial charge in [0, 0.05) is 44.8 Å². The number of ether oxygens (including phenoxy) is 1. The molecule has 0 atom stereocenters. The third-order valence-corrected chi connectivity index (χ3v) is 11.2. The van der Waals surface area contributed by atoms with Crippen LogP contribution in [-0.2, 0) is 27.7 Å². The summed E-state index contributed by atoms with van der Waals surface area (Å²) in [6.45, 7) is 9.56. The van der Waals surface area contributed by atoms with Gasteiger partial charge in [0.1, 0.15) is 0 Å². The maximum absolute atomic E-state index is 14.0. The summed E-state index contributed by atoms with van der Waals surface area (Å²) in [6.07, 6.45) is 1.48. The molecule has 1 fully saturated rings. The lowest BCUT2D eigenvalue weighted by Crippen LogP contribution is -2.39. The fourth-order valence-electron chi connectivity index (χ4n) is 5.79. The number of nitrogens with zero attached hydrogens (tertiary/aromatic N) is 4. The van der Waals surface area contributed by atoms with Crippen molar-refractivity contribution in [1.29, 1.82) is 0 Å². The topological polar surface area (TPSA) is 83.0 Å². The SMILES string of the molecule is Cc1cc(C)c2sc(N(CCCN3CCOCC3)C(=O)c3ccc(S(=O)(=O)N4CCc5ccccc5C4)cc3)nc2c1. The average Bonchev–Trinajstić information content (AvgIpc) is 3.43. The maximum Gasteiger partial charge on any atom is 0.260 e. The van der Waals surface area contributed by atoms with Gasteiger partial charge >= 0.3 is 0 Å². The minimum atomic E-state index is -3.69. The number of aryl methyl sites for hydroxylation is 2. The Hall–Kier alpha value is -3.15. The van der Waals surface area contributed by atoms with E-state index in [1.54, 1.807) is 29.2 Å². The lowest BCUT2D eigenvalue weighted by molar-refractivity contribution is 0.0376. The highest BCUT2D eigenvalue weighted by atomic mass is 32.2. The van der Waals surface area contributed by atoms with Gasteiger partial charge in [0.05, 0.1) is 28.3 Å². The average molecular weight is 605 g/mol. The van der Waals surface area contributed by atoms with Gasteiger partial charge in [-0.25, -0.2) is 13.4 Å². The number of hydrogen-bond acceptors (Lipinski definition) is 7. The number of rotatable bonds is 8. The lowest BCUT2D eigenvalue weighted by atomic mass is 10.0. The molecule has 6 rings (SSSR count). The van der Waals surface area contributed by atoms with Crippen molar-refractivity contribution in [1.82, 2.24) is 14.2 Å². The molecule has 10 heteroatoms. The fraction of sp³-hybridized carbons (Fsp3) is 0.375. The van der Waals surface area contributed by atoms with Crippen LogP contribution in [0.2, 0.25) is 0 Å². The van der Waals surface area contributed by atoms with Crippen LogP contribution in [0.5, 0.6) is 0 Å². The first-order chi connectivity index (χ1) is 20.3. The van der Waals surface area contributed by atoms with E-state index >= 15 is 0 Å². The standard InChI is InChI=1S/C32H36N4O4S2/c1-23-20-24(2)30-29(21-23)33-32(41-30)36(14-5-13-34-16-18-40-19-17-34)31(37)26-8-10-28(11-9-26)42(38,39)35-15-12-25-6-3-4-7-27(25)22-35/h3-4,6-11,20-21H,5,12-19,22H2,1-2H3. The van der Waals surface area contributed by atoms with E-state index in [-0.39, 0.29) is 10.8 Å². The monoisotopic (exact) mass is 604 g/mol. The zero-order valence-corrected chi connectivity index (χ0v) is 25.7. The second-order valence-electron chi connectivity index (χ2n) is 11.1. The number of sulfonamides is 1. The molecule has 0 N–H and O–H groups in total. The Morgan fingerprint density at radius 1 is 1.00 bits per heavy atom. The Kier molecular flexibility index (Phi) is 8.42. The van der Waals surface area contributed by atoms with E-state index in [1.165, 1.54) is 21.2 Å². The molecule has 42 heavy (non-hydrogen) atoms. The summed E-state index contributed by atoms with van der Waals surface area (Å²) in [7, 11) is -3.69. The second kappa shape index (κ2) is 12.2. The smallest absolute Gasteiger partial charge is 0.260 e. The van der Waals surface area contributed by atoms with Crippen LogP contribution < -0.4 is 4.90 Å². The number of benzene rings is 3. The Morgan fingerprint density at radius 2 is 1.74 bits per heavy atom. The van der Waals surface area contributed by atoms with Crippen molar-refractivity contribution in [3.63, 3.8) is 0 Å². The summed E-state index contributed by atoms with van der Waals surface area (Å²) in [4.78, 5) is 23.1. The molecule has 8 nitrogen and oxygen atoms in total. The van der Waals surface area contributed by atoms with E-state index in [0.717, 1.165) is 66.2 Å². The first-order valence-corrected chi connectivity index (χ1v) is 16.7. The molecule has 0 saturated carbocycles. The molecule has 3 heterocycles. The number of hydrogen-bond donors (Lipinski definition) is 0. The van der Waals surface area contributed by atoms with Crippen molar-refractivity contribution < 1.29 is 17.9 Å². The van der Waals surface area contributed by atoms with Crippen molar-refractivity contribution in [3.05, 3.63) is 88.5 Å². The first-order valence-electron chi connectivity index (χ1n) is 14.5. The summed E-state index contributed by atoms with van der Waals surface area (Å²) < 4.78 is 35.1. The Labute approximate surface area is 251 Å². The van der Waals surface area contributed by atoms with Crippen LogP contribution in [0, 0.1) is 13.8 Å². The van der Waals surface area contributed by atoms with Crippen molar-refractivity contribution >= 4 is 42.6 Å². The van der Waals surface area contributed by atoms with E-state index in [1.807, 2.05) is 18.2 Å². The van der Waals surface area contributed by atoms with Crippen LogP contribution in [0.1, 0.15) is 39.0 Å². The number of carbonyl (C=O) groups is 1. The van der Waals surface area contributed by atoms with Crippen LogP contribution >= 0.6 is 11.3 Å². The molecule has 0 aliphatic carbocycles. The van der Waals surface area contributed by atoms with E-state index in [0.29, 0.717) is 36.8 Å². The van der Waals surface area contributed by atoms with Gasteiger partial charge in [-0.05, 0) is 79.3 Å². The molecule has 0 bridgehead atoms. The van der Waals surface area contributed by atoms with Gasteiger partial charge in [-0.1, -0.05) is 41.7 Å². The van der Waals surface area contributed by atoms with Gasteiger partial charge < -0.3 is 4.74 Å². The molecule has 4 aromatic rings. The van der Waals surface area contributed by atoms with Gasteiger partial charge in [-0.15, -0.1) is 0 Å². The summed E-state index contributed by atoms with van der Waals surface area (Å²) >= 11 is 1.53. The number of morpholine rings is 1. The number of fused-ring (bicyclic) bond motifs is 2. The molecule has 1 amide bonds. The van der Waals surface area contributed by atoms with Crippen LogP contribution in [-0.4, -0.2) is 74.5 Å². The number of aromatic nitrogens is 1. The summed E-state index contributed by atoms with van der Waals surface area (Å²) in [6, 6.07) is 18.5. The molecule has 1 aromatic heterocycles. The molecule has 0 unspecified atom stereocenters. The van der Waals surface area contributed by atoms with Gasteiger partial charge in [-0.2, -0.15) is 4.31 Å². The van der Waals surface area contributed by atoms with Crippen molar-refractivity contribution in [2.75, 3.05) is 50.8 Å². The Balaban J connectivity index is 1.23. The summed E-state index contributed by atoms with van der Waals surface area (Å²) in [5.74, 6) is -0.179. The van der Waals surface area contributed by atoms with E-state index < -0.39 is 10.0 Å². The maximum atomic E-state index is 14.0. The van der Waals surface area contributed by atoms with E-state index in [9.17, 15) is 13.2 Å². The van der Waals surface area contributed by atoms with Gasteiger partial charge in [0.15, 0.2) is 5.13 Å². The fourth-order valence-corrected chi connectivity index (χ4v) is 8.25. The third kappa shape index (κ3) is 6.00. The molecule has 0 radical (unpaired) electrons. The molecule has 3 aromatic carbocycles. The molecule has 2 aliphatic heterocycles. The van der Waals surface area contributed by atoms with Crippen molar-refractivity contribution in [2.45, 2.75) is 38.1 Å². The van der Waals surface area contributed by atoms with Gasteiger partial charge in [-0.3, -0.25) is 14.6 Å². The summed E-state index contributed by atoms with van der Waals surface area (Å²) in [5, 5.41) is 0.661. The zero-order chi connectivity index (χ0) is 29.3. The molecule has 0 spiro atoms. The normalized spacial score (nSPS) is 16.4. The quantitative estimate of drug-likeness (QED) is 0.281. The highest BCUT2D eigenvalue weighted by Gasteiger charge is 2.29. The lowest BCUT2D eigenvalue weighted by Gasteiger charge is -2.28. The highest BCUT2D eigenvalue weighted by Crippen LogP contribution is 2.33. The predicted molar refractivity (Wildman–Crippen MR) is 167 cm³/mol. The zero-order valence-electron chi connectivity index (χ0n) is 24.1. The molecular formula is C32H36N4O4S2. The second-order valence-corrected chi connectivity index (χ2v) is 14.0. The largest absolute Gasteiger partial charge is 0.379 e. The minimum absolute atomic E-state index is 0.179. The van der Waals surface area contributed by atoms with Gasteiger partial charge in [0.2, 0.25) is 10.0 Å².